The molecule has 2 rings (SSSR count). The molecule has 0 aliphatic carbocycles. The molecule has 19 heavy (non-hydrogen) atoms. The van der Waals surface area contributed by atoms with Crippen LogP contribution < -0.4 is 10.0 Å². The van der Waals surface area contributed by atoms with Gasteiger partial charge in [-0.15, -0.1) is 11.3 Å². The first-order valence-electron chi connectivity index (χ1n) is 5.39. The zero-order chi connectivity index (χ0) is 13.9. The summed E-state index contributed by atoms with van der Waals surface area (Å²) in [5.74, 6) is 0.283. The molecule has 2 aromatic rings. The van der Waals surface area contributed by atoms with Gasteiger partial charge < -0.3 is 5.32 Å². The minimum absolute atomic E-state index is 0.273. The van der Waals surface area contributed by atoms with Crippen LogP contribution in [-0.4, -0.2) is 20.4 Å². The largest absolute Gasteiger partial charge is 0.315 e. The van der Waals surface area contributed by atoms with Gasteiger partial charge in [-0.25, -0.2) is 13.4 Å². The summed E-state index contributed by atoms with van der Waals surface area (Å²) in [7, 11) is -1.77. The molecule has 2 aromatic heterocycles. The lowest BCUT2D eigenvalue weighted by atomic mass is 10.5. The third-order valence-corrected chi connectivity index (χ3v) is 5.80. The van der Waals surface area contributed by atoms with Crippen molar-refractivity contribution in [3.8, 4) is 0 Å². The molecule has 0 aromatic carbocycles. The van der Waals surface area contributed by atoms with E-state index in [1.165, 1.54) is 17.5 Å². The summed E-state index contributed by atoms with van der Waals surface area (Å²) in [5.41, 5.74) is 0. The Hall–Kier alpha value is -0.960. The van der Waals surface area contributed by atoms with E-state index in [0.717, 1.165) is 4.88 Å². The molecule has 0 amide bonds. The monoisotopic (exact) mass is 361 g/mol. The Bertz CT molecular complexity index is 670. The Balaban J connectivity index is 2.25. The van der Waals surface area contributed by atoms with Crippen LogP contribution in [-0.2, 0) is 16.6 Å². The summed E-state index contributed by atoms with van der Waals surface area (Å²) >= 11 is 4.49. The van der Waals surface area contributed by atoms with Crippen LogP contribution in [0.25, 0.3) is 0 Å². The van der Waals surface area contributed by atoms with Crippen LogP contribution >= 0.6 is 27.3 Å². The molecule has 0 spiro atoms. The summed E-state index contributed by atoms with van der Waals surface area (Å²) in [6.07, 6.45) is 1.53. The molecule has 2 heterocycles. The summed E-state index contributed by atoms with van der Waals surface area (Å²) < 4.78 is 27.7. The number of halogens is 1. The number of aromatic nitrogens is 1. The lowest BCUT2D eigenvalue weighted by Gasteiger charge is -2.06. The second-order valence-corrected chi connectivity index (χ2v) is 7.62. The fourth-order valence-electron chi connectivity index (χ4n) is 1.41. The Morgan fingerprint density at radius 1 is 1.37 bits per heavy atom. The molecule has 0 saturated carbocycles. The highest BCUT2D eigenvalue weighted by Gasteiger charge is 2.18. The van der Waals surface area contributed by atoms with Gasteiger partial charge in [-0.3, -0.25) is 4.72 Å². The number of anilines is 1. The summed E-state index contributed by atoms with van der Waals surface area (Å²) in [4.78, 5) is 4.95. The second-order valence-electron chi connectivity index (χ2n) is 3.69. The van der Waals surface area contributed by atoms with Crippen molar-refractivity contribution in [2.45, 2.75) is 10.8 Å². The van der Waals surface area contributed by atoms with E-state index in [0.29, 0.717) is 11.0 Å². The van der Waals surface area contributed by atoms with E-state index < -0.39 is 10.0 Å². The van der Waals surface area contributed by atoms with Gasteiger partial charge in [0.25, 0.3) is 10.0 Å². The molecular formula is C11H12BrN3O2S2. The van der Waals surface area contributed by atoms with Gasteiger partial charge in [-0.05, 0) is 47.2 Å². The van der Waals surface area contributed by atoms with Gasteiger partial charge in [0.05, 0.1) is 4.47 Å². The number of sulfonamides is 1. The molecule has 0 unspecified atom stereocenters. The van der Waals surface area contributed by atoms with Crippen LogP contribution in [0.1, 0.15) is 4.88 Å². The molecule has 0 aliphatic rings. The van der Waals surface area contributed by atoms with Crippen molar-refractivity contribution in [2.24, 2.45) is 0 Å². The minimum Gasteiger partial charge on any atom is -0.315 e. The van der Waals surface area contributed by atoms with E-state index in [1.807, 2.05) is 7.05 Å². The van der Waals surface area contributed by atoms with Gasteiger partial charge in [0.1, 0.15) is 4.21 Å². The first kappa shape index (κ1) is 14.4. The molecule has 0 aliphatic heterocycles. The molecule has 2 N–H and O–H groups in total. The number of hydrogen-bond acceptors (Lipinski definition) is 5. The van der Waals surface area contributed by atoms with Crippen LogP contribution in [0.4, 0.5) is 5.82 Å². The maximum absolute atomic E-state index is 12.2. The molecule has 0 radical (unpaired) electrons. The van der Waals surface area contributed by atoms with Crippen molar-refractivity contribution < 1.29 is 8.42 Å². The third-order valence-electron chi connectivity index (χ3n) is 2.24. The predicted octanol–water partition coefficient (Wildman–Crippen LogP) is 2.43. The van der Waals surface area contributed by atoms with Gasteiger partial charge in [-0.2, -0.15) is 0 Å². The van der Waals surface area contributed by atoms with Gasteiger partial charge in [0.2, 0.25) is 0 Å². The quantitative estimate of drug-likeness (QED) is 0.857. The van der Waals surface area contributed by atoms with Crippen molar-refractivity contribution in [1.82, 2.24) is 10.3 Å². The Morgan fingerprint density at radius 2 is 2.16 bits per heavy atom. The zero-order valence-electron chi connectivity index (χ0n) is 10.1. The minimum atomic E-state index is -3.59. The number of nitrogens with zero attached hydrogens (tertiary/aromatic N) is 1. The van der Waals surface area contributed by atoms with Crippen molar-refractivity contribution in [2.75, 3.05) is 11.8 Å². The highest BCUT2D eigenvalue weighted by Crippen LogP contribution is 2.26. The van der Waals surface area contributed by atoms with Crippen molar-refractivity contribution >= 4 is 43.1 Å². The fourth-order valence-corrected chi connectivity index (χ4v) is 4.29. The highest BCUT2D eigenvalue weighted by molar-refractivity contribution is 9.10. The maximum atomic E-state index is 12.2. The van der Waals surface area contributed by atoms with Crippen LogP contribution in [0, 0.1) is 0 Å². The molecule has 0 fully saturated rings. The molecular weight excluding hydrogens is 350 g/mol. The normalized spacial score (nSPS) is 11.5. The lowest BCUT2D eigenvalue weighted by Crippen LogP contribution is -2.12. The molecule has 8 heteroatoms. The van der Waals surface area contributed by atoms with Crippen molar-refractivity contribution in [3.63, 3.8) is 0 Å². The van der Waals surface area contributed by atoms with Crippen molar-refractivity contribution in [3.05, 3.63) is 39.8 Å². The topological polar surface area (TPSA) is 71.1 Å². The van der Waals surface area contributed by atoms with E-state index in [-0.39, 0.29) is 10.0 Å². The van der Waals surface area contributed by atoms with E-state index >= 15 is 0 Å². The molecule has 0 atom stereocenters. The van der Waals surface area contributed by atoms with Crippen LogP contribution in [0.3, 0.4) is 0 Å². The third kappa shape index (κ3) is 3.53. The second kappa shape index (κ2) is 6.00. The van der Waals surface area contributed by atoms with Crippen LogP contribution in [0.5, 0.6) is 0 Å². The number of nitrogens with one attached hydrogen (secondary N) is 2. The molecule has 0 bridgehead atoms. The number of thiophene rings is 1. The van der Waals surface area contributed by atoms with Gasteiger partial charge in [0.15, 0.2) is 5.82 Å². The van der Waals surface area contributed by atoms with Gasteiger partial charge >= 0.3 is 0 Å². The number of pyridine rings is 1. The zero-order valence-corrected chi connectivity index (χ0v) is 13.3. The Labute approximate surface area is 124 Å². The Morgan fingerprint density at radius 3 is 2.84 bits per heavy atom. The molecule has 0 saturated heterocycles. The Kier molecular flexibility index (Phi) is 4.56. The van der Waals surface area contributed by atoms with Gasteiger partial charge in [-0.1, -0.05) is 0 Å². The molecule has 102 valence electrons. The lowest BCUT2D eigenvalue weighted by molar-refractivity contribution is 0.603. The first-order valence-corrected chi connectivity index (χ1v) is 8.49. The average molecular weight is 362 g/mol. The predicted molar refractivity (Wildman–Crippen MR) is 79.8 cm³/mol. The van der Waals surface area contributed by atoms with E-state index in [9.17, 15) is 8.42 Å². The van der Waals surface area contributed by atoms with Crippen LogP contribution in [0.2, 0.25) is 0 Å². The number of rotatable bonds is 5. The van der Waals surface area contributed by atoms with Gasteiger partial charge in [0, 0.05) is 17.6 Å². The van der Waals surface area contributed by atoms with Crippen molar-refractivity contribution in [1.29, 1.82) is 0 Å². The summed E-state index contributed by atoms with van der Waals surface area (Å²) in [6.45, 7) is 0.646. The standard InChI is InChI=1S/C11H12BrN3O2S2/c1-13-7-8-4-5-10(18-8)19(16,17)15-11-9(12)3-2-6-14-11/h2-6,13H,7H2,1H3,(H,14,15). The first-order chi connectivity index (χ1) is 9.03. The fraction of sp³-hybridized carbons (Fsp3) is 0.182. The van der Waals surface area contributed by atoms with E-state index in [2.05, 4.69) is 31.0 Å². The maximum Gasteiger partial charge on any atom is 0.272 e. The smallest absolute Gasteiger partial charge is 0.272 e. The van der Waals surface area contributed by atoms with E-state index in [1.54, 1.807) is 24.3 Å². The highest BCUT2D eigenvalue weighted by atomic mass is 79.9. The summed E-state index contributed by atoms with van der Waals surface area (Å²) in [6, 6.07) is 6.84. The number of hydrogen-bond donors (Lipinski definition) is 2. The average Bonchev–Trinajstić information content (AvgIpc) is 2.82. The summed E-state index contributed by atoms with van der Waals surface area (Å²) in [5, 5.41) is 2.98. The van der Waals surface area contributed by atoms with E-state index in [4.69, 9.17) is 0 Å². The molecule has 5 nitrogen and oxygen atoms in total. The van der Waals surface area contributed by atoms with Crippen LogP contribution in [0.15, 0.2) is 39.1 Å². The SMILES string of the molecule is CNCc1ccc(S(=O)(=O)Nc2ncccc2Br)s1.